The maximum atomic E-state index is 12.6. The Kier molecular flexibility index (Phi) is 4.75. The van der Waals surface area contributed by atoms with Crippen molar-refractivity contribution in [2.24, 2.45) is 0 Å². The van der Waals surface area contributed by atoms with Crippen LogP contribution in [0.5, 0.6) is 0 Å². The average molecular weight is 354 g/mol. The van der Waals surface area contributed by atoms with Crippen molar-refractivity contribution in [2.45, 2.75) is 37.3 Å². The Balaban J connectivity index is 1.36. The molecule has 2 fully saturated rings. The smallest absolute Gasteiger partial charge is 0.256 e. The summed E-state index contributed by atoms with van der Waals surface area (Å²) in [7, 11) is 0. The highest BCUT2D eigenvalue weighted by atomic mass is 16.5. The molecule has 0 radical (unpaired) electrons. The van der Waals surface area contributed by atoms with Crippen molar-refractivity contribution in [3.8, 4) is 0 Å². The Labute approximate surface area is 152 Å². The first-order valence-electron chi connectivity index (χ1n) is 8.96. The van der Waals surface area contributed by atoms with E-state index in [2.05, 4.69) is 25.3 Å². The minimum atomic E-state index is -0.172. The van der Waals surface area contributed by atoms with Gasteiger partial charge in [0.2, 0.25) is 5.95 Å². The monoisotopic (exact) mass is 354 g/mol. The number of likely N-dealkylation sites (tertiary alicyclic amines) is 1. The molecule has 2 aromatic rings. The number of amides is 1. The zero-order valence-electron chi connectivity index (χ0n) is 14.5. The summed E-state index contributed by atoms with van der Waals surface area (Å²) in [5.74, 6) is 0.648. The lowest BCUT2D eigenvalue weighted by Gasteiger charge is -2.46. The van der Waals surface area contributed by atoms with E-state index in [1.54, 1.807) is 30.9 Å². The highest BCUT2D eigenvalue weighted by molar-refractivity contribution is 5.93. The second kappa shape index (κ2) is 7.33. The number of aromatic nitrogens is 4. The van der Waals surface area contributed by atoms with Crippen LogP contribution in [0.15, 0.2) is 37.2 Å². The highest BCUT2D eigenvalue weighted by Gasteiger charge is 2.41. The third-order valence-corrected chi connectivity index (χ3v) is 5.16. The molecule has 4 heterocycles. The molecule has 0 aliphatic carbocycles. The number of carbonyl (C=O) groups is 1. The van der Waals surface area contributed by atoms with Crippen LogP contribution in [-0.2, 0) is 4.74 Å². The molecule has 2 aliphatic rings. The summed E-state index contributed by atoms with van der Waals surface area (Å²) in [5.41, 5.74) is 0.364. The quantitative estimate of drug-likeness (QED) is 0.893. The summed E-state index contributed by atoms with van der Waals surface area (Å²) in [6.07, 6.45) is 11.5. The summed E-state index contributed by atoms with van der Waals surface area (Å²) in [4.78, 5) is 30.8. The molecule has 0 saturated carbocycles. The van der Waals surface area contributed by atoms with Gasteiger partial charge in [-0.05, 0) is 31.7 Å². The molecule has 8 heteroatoms. The van der Waals surface area contributed by atoms with E-state index in [1.807, 2.05) is 4.90 Å². The molecule has 4 rings (SSSR count). The molecule has 0 bridgehead atoms. The first-order valence-corrected chi connectivity index (χ1v) is 8.96. The van der Waals surface area contributed by atoms with E-state index >= 15 is 0 Å². The van der Waals surface area contributed by atoms with E-state index in [0.717, 1.165) is 25.7 Å². The van der Waals surface area contributed by atoms with Gasteiger partial charge in [-0.3, -0.25) is 4.79 Å². The molecular weight excluding hydrogens is 332 g/mol. The van der Waals surface area contributed by atoms with Gasteiger partial charge in [-0.15, -0.1) is 0 Å². The number of carbonyl (C=O) groups excluding carboxylic acids is 1. The number of hydrogen-bond donors (Lipinski definition) is 1. The maximum absolute atomic E-state index is 12.6. The Hall–Kier alpha value is -2.61. The zero-order chi connectivity index (χ0) is 17.8. The van der Waals surface area contributed by atoms with E-state index in [4.69, 9.17) is 4.74 Å². The Bertz CT molecular complexity index is 734. The minimum Gasteiger partial charge on any atom is -0.375 e. The molecule has 2 aromatic heterocycles. The van der Waals surface area contributed by atoms with Crippen LogP contribution in [-0.4, -0.2) is 62.1 Å². The van der Waals surface area contributed by atoms with E-state index in [-0.39, 0.29) is 17.6 Å². The largest absolute Gasteiger partial charge is 0.375 e. The lowest BCUT2D eigenvalue weighted by molar-refractivity contribution is -0.110. The number of nitrogens with one attached hydrogen (secondary N) is 1. The van der Waals surface area contributed by atoms with Crippen LogP contribution in [0.1, 0.15) is 36.0 Å². The lowest BCUT2D eigenvalue weighted by Crippen LogP contribution is -2.52. The number of piperidine rings is 1. The predicted octanol–water partition coefficient (Wildman–Crippen LogP) is 1.53. The molecule has 1 unspecified atom stereocenters. The van der Waals surface area contributed by atoms with Gasteiger partial charge in [0, 0.05) is 50.5 Å². The fourth-order valence-electron chi connectivity index (χ4n) is 3.77. The van der Waals surface area contributed by atoms with Crippen LogP contribution in [0.25, 0.3) is 0 Å². The summed E-state index contributed by atoms with van der Waals surface area (Å²) < 4.78 is 6.16. The van der Waals surface area contributed by atoms with Crippen LogP contribution < -0.4 is 5.32 Å². The van der Waals surface area contributed by atoms with Crippen molar-refractivity contribution in [3.63, 3.8) is 0 Å². The second-order valence-electron chi connectivity index (χ2n) is 6.86. The third kappa shape index (κ3) is 3.65. The van der Waals surface area contributed by atoms with Crippen LogP contribution >= 0.6 is 0 Å². The molecule has 1 N–H and O–H groups in total. The first kappa shape index (κ1) is 16.8. The Morgan fingerprint density at radius 2 is 1.92 bits per heavy atom. The average Bonchev–Trinajstić information content (AvgIpc) is 2.70. The van der Waals surface area contributed by atoms with Gasteiger partial charge in [-0.25, -0.2) is 19.9 Å². The van der Waals surface area contributed by atoms with E-state index in [1.165, 1.54) is 6.33 Å². The molecule has 136 valence electrons. The van der Waals surface area contributed by atoms with Gasteiger partial charge in [-0.1, -0.05) is 0 Å². The molecule has 8 nitrogen and oxygen atoms in total. The number of rotatable bonds is 3. The summed E-state index contributed by atoms with van der Waals surface area (Å²) >= 11 is 0. The Morgan fingerprint density at radius 3 is 2.65 bits per heavy atom. The molecule has 1 spiro atoms. The molecule has 2 saturated heterocycles. The number of nitrogens with zero attached hydrogens (tertiary/aromatic N) is 5. The van der Waals surface area contributed by atoms with Crippen molar-refractivity contribution in [2.75, 3.05) is 25.0 Å². The standard InChI is InChI=1S/C18H22N6O2/c25-16(14-11-19-13-20-12-14)24-7-3-18(4-8-24)10-15(2-9-26-18)23-17-21-5-1-6-22-17/h1,5-6,11-13,15H,2-4,7-10H2,(H,21,22,23). The van der Waals surface area contributed by atoms with Gasteiger partial charge < -0.3 is 15.0 Å². The molecule has 26 heavy (non-hydrogen) atoms. The van der Waals surface area contributed by atoms with Gasteiger partial charge in [0.15, 0.2) is 0 Å². The van der Waals surface area contributed by atoms with Gasteiger partial charge in [0.25, 0.3) is 5.91 Å². The highest BCUT2D eigenvalue weighted by Crippen LogP contribution is 2.36. The summed E-state index contributed by atoms with van der Waals surface area (Å²) in [6, 6.07) is 2.09. The van der Waals surface area contributed by atoms with Gasteiger partial charge >= 0.3 is 0 Å². The number of hydrogen-bond acceptors (Lipinski definition) is 7. The van der Waals surface area contributed by atoms with Crippen molar-refractivity contribution >= 4 is 11.9 Å². The first-order chi connectivity index (χ1) is 12.7. The second-order valence-corrected chi connectivity index (χ2v) is 6.86. The lowest BCUT2D eigenvalue weighted by atomic mass is 9.82. The van der Waals surface area contributed by atoms with E-state index in [9.17, 15) is 4.79 Å². The fraction of sp³-hybridized carbons (Fsp3) is 0.500. The van der Waals surface area contributed by atoms with Crippen LogP contribution in [0.4, 0.5) is 5.95 Å². The van der Waals surface area contributed by atoms with Crippen LogP contribution in [0.2, 0.25) is 0 Å². The third-order valence-electron chi connectivity index (χ3n) is 5.16. The molecule has 2 aliphatic heterocycles. The van der Waals surface area contributed by atoms with Gasteiger partial charge in [0.1, 0.15) is 6.33 Å². The van der Waals surface area contributed by atoms with Crippen molar-refractivity contribution < 1.29 is 9.53 Å². The number of anilines is 1. The van der Waals surface area contributed by atoms with Crippen molar-refractivity contribution in [3.05, 3.63) is 42.7 Å². The molecule has 1 atom stereocenters. The van der Waals surface area contributed by atoms with Crippen molar-refractivity contribution in [1.29, 1.82) is 0 Å². The van der Waals surface area contributed by atoms with Gasteiger partial charge in [-0.2, -0.15) is 0 Å². The summed E-state index contributed by atoms with van der Waals surface area (Å²) in [5, 5.41) is 3.41. The zero-order valence-corrected chi connectivity index (χ0v) is 14.5. The van der Waals surface area contributed by atoms with Crippen LogP contribution in [0.3, 0.4) is 0 Å². The minimum absolute atomic E-state index is 0.0105. The Morgan fingerprint density at radius 1 is 1.19 bits per heavy atom. The maximum Gasteiger partial charge on any atom is 0.256 e. The van der Waals surface area contributed by atoms with Gasteiger partial charge in [0.05, 0.1) is 11.2 Å². The normalized spacial score (nSPS) is 22.2. The molecule has 1 amide bonds. The van der Waals surface area contributed by atoms with Crippen molar-refractivity contribution in [1.82, 2.24) is 24.8 Å². The summed E-state index contributed by atoms with van der Waals surface area (Å²) in [6.45, 7) is 2.08. The topological polar surface area (TPSA) is 93.1 Å². The fourth-order valence-corrected chi connectivity index (χ4v) is 3.77. The molecule has 0 aromatic carbocycles. The molecular formula is C18H22N6O2. The van der Waals surface area contributed by atoms with E-state index < -0.39 is 0 Å². The number of ether oxygens (including phenoxy) is 1. The SMILES string of the molecule is O=C(c1cncnc1)N1CCC2(CC1)CC(Nc1ncccn1)CCO2. The predicted molar refractivity (Wildman–Crippen MR) is 94.5 cm³/mol. The van der Waals surface area contributed by atoms with Crippen LogP contribution in [0, 0.1) is 0 Å². The van der Waals surface area contributed by atoms with E-state index in [0.29, 0.717) is 31.2 Å².